The molecule has 15 heavy (non-hydrogen) atoms. The molecular weight excluding hydrogens is 194 g/mol. The van der Waals surface area contributed by atoms with Crippen molar-refractivity contribution < 1.29 is 14.6 Å². The van der Waals surface area contributed by atoms with Gasteiger partial charge in [0.15, 0.2) is 0 Å². The molecule has 0 radical (unpaired) electrons. The Balaban J connectivity index is 2.27. The number of aliphatic hydroxyl groups is 1. The van der Waals surface area contributed by atoms with Gasteiger partial charge in [-0.1, -0.05) is 0 Å². The first-order chi connectivity index (χ1) is 7.22. The number of anilines is 1. The Kier molecular flexibility index (Phi) is 4.93. The molecule has 84 valence electrons. The number of rotatable bonds is 6. The van der Waals surface area contributed by atoms with Gasteiger partial charge in [-0.2, -0.15) is 0 Å². The van der Waals surface area contributed by atoms with Crippen molar-refractivity contribution >= 4 is 5.69 Å². The third-order valence-corrected chi connectivity index (χ3v) is 1.84. The Morgan fingerprint density at radius 3 is 2.53 bits per heavy atom. The number of hydrogen-bond donors (Lipinski definition) is 2. The van der Waals surface area contributed by atoms with E-state index < -0.39 is 6.10 Å². The van der Waals surface area contributed by atoms with Gasteiger partial charge in [0.25, 0.3) is 0 Å². The summed E-state index contributed by atoms with van der Waals surface area (Å²) < 4.78 is 10.4. The molecule has 0 unspecified atom stereocenters. The lowest BCUT2D eigenvalue weighted by Gasteiger charge is -2.12. The highest BCUT2D eigenvalue weighted by Crippen LogP contribution is 2.13. The molecule has 0 aliphatic carbocycles. The zero-order valence-electron chi connectivity index (χ0n) is 8.85. The van der Waals surface area contributed by atoms with E-state index in [0.29, 0.717) is 24.7 Å². The van der Waals surface area contributed by atoms with E-state index in [-0.39, 0.29) is 6.61 Å². The summed E-state index contributed by atoms with van der Waals surface area (Å²) >= 11 is 0. The molecule has 0 fully saturated rings. The maximum atomic E-state index is 9.42. The van der Waals surface area contributed by atoms with Crippen molar-refractivity contribution in [3.05, 3.63) is 24.3 Å². The molecule has 4 nitrogen and oxygen atoms in total. The fourth-order valence-electron chi connectivity index (χ4n) is 1.06. The van der Waals surface area contributed by atoms with E-state index in [1.807, 2.05) is 6.92 Å². The van der Waals surface area contributed by atoms with Crippen LogP contribution in [-0.2, 0) is 4.74 Å². The molecule has 1 aromatic carbocycles. The van der Waals surface area contributed by atoms with Gasteiger partial charge in [0.2, 0.25) is 0 Å². The molecule has 0 spiro atoms. The van der Waals surface area contributed by atoms with Crippen LogP contribution in [0.25, 0.3) is 0 Å². The van der Waals surface area contributed by atoms with Crippen molar-refractivity contribution in [2.45, 2.75) is 13.0 Å². The molecule has 0 aliphatic heterocycles. The largest absolute Gasteiger partial charge is 0.491 e. The number of aliphatic hydroxyl groups excluding tert-OH is 1. The molecule has 0 aromatic heterocycles. The van der Waals surface area contributed by atoms with Gasteiger partial charge in [0.05, 0.1) is 6.61 Å². The molecule has 1 atom stereocenters. The van der Waals surface area contributed by atoms with Crippen LogP contribution in [0.4, 0.5) is 5.69 Å². The first-order valence-corrected chi connectivity index (χ1v) is 4.96. The molecule has 1 rings (SSSR count). The third kappa shape index (κ3) is 4.67. The van der Waals surface area contributed by atoms with Gasteiger partial charge in [-0.15, -0.1) is 0 Å². The van der Waals surface area contributed by atoms with E-state index in [9.17, 15) is 5.11 Å². The fraction of sp³-hybridized carbons (Fsp3) is 0.455. The Morgan fingerprint density at radius 1 is 1.27 bits per heavy atom. The molecule has 0 amide bonds. The minimum atomic E-state index is -0.595. The van der Waals surface area contributed by atoms with Crippen molar-refractivity contribution in [2.24, 2.45) is 0 Å². The lowest BCUT2D eigenvalue weighted by atomic mass is 10.3. The van der Waals surface area contributed by atoms with Gasteiger partial charge >= 0.3 is 0 Å². The van der Waals surface area contributed by atoms with Crippen molar-refractivity contribution in [1.82, 2.24) is 0 Å². The van der Waals surface area contributed by atoms with Crippen LogP contribution >= 0.6 is 0 Å². The van der Waals surface area contributed by atoms with E-state index in [4.69, 9.17) is 15.2 Å². The number of nitrogens with two attached hydrogens (primary N) is 1. The lowest BCUT2D eigenvalue weighted by molar-refractivity contribution is 0.0164. The number of benzene rings is 1. The van der Waals surface area contributed by atoms with Crippen LogP contribution < -0.4 is 10.5 Å². The summed E-state index contributed by atoms with van der Waals surface area (Å²) in [4.78, 5) is 0. The maximum Gasteiger partial charge on any atom is 0.119 e. The third-order valence-electron chi connectivity index (χ3n) is 1.84. The number of hydrogen-bond acceptors (Lipinski definition) is 4. The van der Waals surface area contributed by atoms with Crippen LogP contribution in [0.2, 0.25) is 0 Å². The molecule has 1 aromatic rings. The van der Waals surface area contributed by atoms with Gasteiger partial charge < -0.3 is 20.3 Å². The normalized spacial score (nSPS) is 12.4. The monoisotopic (exact) mass is 211 g/mol. The topological polar surface area (TPSA) is 64.7 Å². The summed E-state index contributed by atoms with van der Waals surface area (Å²) in [6.45, 7) is 3.00. The lowest BCUT2D eigenvalue weighted by Crippen LogP contribution is -2.23. The second-order valence-corrected chi connectivity index (χ2v) is 3.19. The summed E-state index contributed by atoms with van der Waals surface area (Å²) in [6, 6.07) is 7.04. The Labute approximate surface area is 89.6 Å². The molecule has 0 heterocycles. The van der Waals surface area contributed by atoms with Gasteiger partial charge in [-0.3, -0.25) is 0 Å². The molecule has 0 saturated carbocycles. The van der Waals surface area contributed by atoms with Crippen molar-refractivity contribution in [2.75, 3.05) is 25.6 Å². The molecule has 0 saturated heterocycles. The Morgan fingerprint density at radius 2 is 1.93 bits per heavy atom. The standard InChI is InChI=1S/C11H17NO3/c1-2-14-7-10(13)8-15-11-5-3-9(12)4-6-11/h3-6,10,13H,2,7-8,12H2,1H3/t10-/m0/s1. The Bertz CT molecular complexity index is 274. The summed E-state index contributed by atoms with van der Waals surface area (Å²) in [5.74, 6) is 0.694. The summed E-state index contributed by atoms with van der Waals surface area (Å²) in [5, 5.41) is 9.42. The van der Waals surface area contributed by atoms with Crippen molar-refractivity contribution in [3.63, 3.8) is 0 Å². The van der Waals surface area contributed by atoms with E-state index in [1.165, 1.54) is 0 Å². The van der Waals surface area contributed by atoms with E-state index in [2.05, 4.69) is 0 Å². The molecule has 4 heteroatoms. The second kappa shape index (κ2) is 6.27. The molecule has 0 bridgehead atoms. The van der Waals surface area contributed by atoms with Crippen LogP contribution in [0.15, 0.2) is 24.3 Å². The zero-order chi connectivity index (χ0) is 11.1. The van der Waals surface area contributed by atoms with Gasteiger partial charge in [-0.05, 0) is 31.2 Å². The molecular formula is C11H17NO3. The van der Waals surface area contributed by atoms with Crippen LogP contribution in [0.5, 0.6) is 5.75 Å². The summed E-state index contributed by atoms with van der Waals surface area (Å²) in [7, 11) is 0. The first-order valence-electron chi connectivity index (χ1n) is 4.96. The minimum Gasteiger partial charge on any atom is -0.491 e. The smallest absolute Gasteiger partial charge is 0.119 e. The molecule has 3 N–H and O–H groups in total. The second-order valence-electron chi connectivity index (χ2n) is 3.19. The highest BCUT2D eigenvalue weighted by molar-refractivity contribution is 5.41. The predicted octanol–water partition coefficient (Wildman–Crippen LogP) is 1.05. The van der Waals surface area contributed by atoms with E-state index in [0.717, 1.165) is 0 Å². The van der Waals surface area contributed by atoms with Crippen LogP contribution in [0.3, 0.4) is 0 Å². The number of ether oxygens (including phenoxy) is 2. The average molecular weight is 211 g/mol. The average Bonchev–Trinajstić information content (AvgIpc) is 2.25. The summed E-state index contributed by atoms with van der Waals surface area (Å²) in [6.07, 6.45) is -0.595. The van der Waals surface area contributed by atoms with Gasteiger partial charge in [0, 0.05) is 12.3 Å². The Hall–Kier alpha value is -1.26. The highest BCUT2D eigenvalue weighted by Gasteiger charge is 2.04. The van der Waals surface area contributed by atoms with Crippen molar-refractivity contribution in [3.8, 4) is 5.75 Å². The first kappa shape index (κ1) is 11.8. The van der Waals surface area contributed by atoms with Crippen LogP contribution in [0.1, 0.15) is 6.92 Å². The summed E-state index contributed by atoms with van der Waals surface area (Å²) in [5.41, 5.74) is 6.22. The fourth-order valence-corrected chi connectivity index (χ4v) is 1.06. The van der Waals surface area contributed by atoms with Crippen LogP contribution in [0, 0.1) is 0 Å². The van der Waals surface area contributed by atoms with E-state index in [1.54, 1.807) is 24.3 Å². The minimum absolute atomic E-state index is 0.226. The van der Waals surface area contributed by atoms with E-state index >= 15 is 0 Å². The highest BCUT2D eigenvalue weighted by atomic mass is 16.5. The van der Waals surface area contributed by atoms with Gasteiger partial charge in [0.1, 0.15) is 18.5 Å². The predicted molar refractivity (Wildman–Crippen MR) is 58.8 cm³/mol. The maximum absolute atomic E-state index is 9.42. The number of nitrogen functional groups attached to an aromatic ring is 1. The quantitative estimate of drug-likeness (QED) is 0.690. The molecule has 0 aliphatic rings. The SMILES string of the molecule is CCOC[C@H](O)COc1ccc(N)cc1. The zero-order valence-corrected chi connectivity index (χ0v) is 8.85. The van der Waals surface area contributed by atoms with Gasteiger partial charge in [-0.25, -0.2) is 0 Å². The van der Waals surface area contributed by atoms with Crippen molar-refractivity contribution in [1.29, 1.82) is 0 Å². The van der Waals surface area contributed by atoms with Crippen LogP contribution in [-0.4, -0.2) is 31.0 Å².